The first-order chi connectivity index (χ1) is 18.0. The number of ether oxygens (including phenoxy) is 2. The lowest BCUT2D eigenvalue weighted by Crippen LogP contribution is -2.36. The summed E-state index contributed by atoms with van der Waals surface area (Å²) in [7, 11) is 0. The number of imidazole rings is 1. The molecule has 206 valence electrons. The molecule has 0 aliphatic carbocycles. The first kappa shape index (κ1) is 27.9. The molecule has 0 amide bonds. The summed E-state index contributed by atoms with van der Waals surface area (Å²) in [6, 6.07) is 9.82. The fraction of sp³-hybridized carbons (Fsp3) is 0.435. The average Bonchev–Trinajstić information content (AvgIpc) is 3.57. The highest BCUT2D eigenvalue weighted by Gasteiger charge is 2.38. The number of fused-ring (bicyclic) bond motifs is 1. The third kappa shape index (κ3) is 6.27. The number of halogens is 4. The van der Waals surface area contributed by atoms with E-state index in [2.05, 4.69) is 19.9 Å². The maximum absolute atomic E-state index is 10.6. The van der Waals surface area contributed by atoms with E-state index in [9.17, 15) is 28.5 Å². The maximum atomic E-state index is 10.6. The number of aromatic amines is 1. The molecule has 0 unspecified atom stereocenters. The molecular weight excluding hydrogens is 537 g/mol. The summed E-state index contributed by atoms with van der Waals surface area (Å²) in [5.41, 5.74) is 3.55. The predicted molar refractivity (Wildman–Crippen MR) is 128 cm³/mol. The van der Waals surface area contributed by atoms with E-state index in [0.717, 1.165) is 24.2 Å². The molecule has 15 heteroatoms. The van der Waals surface area contributed by atoms with Crippen molar-refractivity contribution in [2.75, 3.05) is 31.2 Å². The Kier molecular flexibility index (Phi) is 8.28. The van der Waals surface area contributed by atoms with Crippen LogP contribution in [0, 0.1) is 0 Å². The van der Waals surface area contributed by atoms with E-state index in [4.69, 9.17) is 31.0 Å². The van der Waals surface area contributed by atoms with Crippen molar-refractivity contribution in [3.05, 3.63) is 35.4 Å². The van der Waals surface area contributed by atoms with Gasteiger partial charge in [0.25, 0.3) is 6.01 Å². The van der Waals surface area contributed by atoms with Crippen LogP contribution in [0.25, 0.3) is 22.4 Å². The van der Waals surface area contributed by atoms with E-state index in [-0.39, 0.29) is 25.3 Å². The van der Waals surface area contributed by atoms with Gasteiger partial charge in [-0.1, -0.05) is 23.7 Å². The lowest BCUT2D eigenvalue weighted by Gasteiger charge is -2.18. The number of aliphatic hydroxyl groups is 3. The van der Waals surface area contributed by atoms with Crippen LogP contribution in [0.2, 0.25) is 5.02 Å². The van der Waals surface area contributed by atoms with E-state index in [0.29, 0.717) is 28.4 Å². The van der Waals surface area contributed by atoms with Gasteiger partial charge in [-0.3, -0.25) is 0 Å². The highest BCUT2D eigenvalue weighted by Crippen LogP contribution is 2.32. The Balaban J connectivity index is 0.000000426. The first-order valence-corrected chi connectivity index (χ1v) is 11.8. The van der Waals surface area contributed by atoms with Crippen molar-refractivity contribution in [2.24, 2.45) is 0 Å². The van der Waals surface area contributed by atoms with Crippen molar-refractivity contribution in [1.82, 2.24) is 15.0 Å². The van der Waals surface area contributed by atoms with Crippen LogP contribution in [0.1, 0.15) is 6.42 Å². The number of pyridine rings is 1. The van der Waals surface area contributed by atoms with Crippen LogP contribution >= 0.6 is 11.6 Å². The van der Waals surface area contributed by atoms with Gasteiger partial charge in [0.1, 0.15) is 12.2 Å². The Morgan fingerprint density at radius 1 is 1.24 bits per heavy atom. The van der Waals surface area contributed by atoms with E-state index in [1.165, 1.54) is 0 Å². The van der Waals surface area contributed by atoms with Gasteiger partial charge in [0, 0.05) is 24.3 Å². The summed E-state index contributed by atoms with van der Waals surface area (Å²) >= 11 is 6.48. The SMILES string of the molecule is O=C(O)C(F)(F)F.OC[C@H]1OC[C@@H](Oc2nc3nc(-c4ccc(N5CC[C@H](O)C5)cc4)c(Cl)cc3[nH]2)[C@@H]1O. The van der Waals surface area contributed by atoms with Gasteiger partial charge in [0.2, 0.25) is 0 Å². The Labute approximate surface area is 218 Å². The lowest BCUT2D eigenvalue weighted by atomic mass is 10.1. The first-order valence-electron chi connectivity index (χ1n) is 11.4. The zero-order valence-electron chi connectivity index (χ0n) is 19.6. The van der Waals surface area contributed by atoms with Crippen LogP contribution in [-0.2, 0) is 9.53 Å². The molecule has 2 saturated heterocycles. The number of alkyl halides is 3. The summed E-state index contributed by atoms with van der Waals surface area (Å²) in [5.74, 6) is -2.76. The number of hydrogen-bond donors (Lipinski definition) is 5. The molecule has 11 nitrogen and oxygen atoms in total. The second-order valence-corrected chi connectivity index (χ2v) is 9.08. The number of carbonyl (C=O) groups is 1. The van der Waals surface area contributed by atoms with Crippen molar-refractivity contribution in [3.8, 4) is 17.3 Å². The monoisotopic (exact) mass is 560 g/mol. The predicted octanol–water partition coefficient (Wildman–Crippen LogP) is 1.98. The molecule has 4 heterocycles. The van der Waals surface area contributed by atoms with Crippen LogP contribution in [0.15, 0.2) is 30.3 Å². The van der Waals surface area contributed by atoms with Crippen LogP contribution in [-0.4, -0.2) is 98.2 Å². The number of rotatable bonds is 5. The number of aliphatic hydroxyl groups excluding tert-OH is 3. The molecule has 0 saturated carbocycles. The second kappa shape index (κ2) is 11.3. The summed E-state index contributed by atoms with van der Waals surface area (Å²) in [5, 5.41) is 36.7. The number of H-pyrrole nitrogens is 1. The molecule has 2 fully saturated rings. The topological polar surface area (TPSA) is 161 Å². The van der Waals surface area contributed by atoms with Crippen LogP contribution in [0.5, 0.6) is 6.01 Å². The van der Waals surface area contributed by atoms with Crippen molar-refractivity contribution < 1.29 is 47.9 Å². The van der Waals surface area contributed by atoms with Gasteiger partial charge in [-0.2, -0.15) is 18.2 Å². The maximum Gasteiger partial charge on any atom is 0.490 e. The molecule has 2 aromatic heterocycles. The smallest absolute Gasteiger partial charge is 0.475 e. The average molecular weight is 561 g/mol. The van der Waals surface area contributed by atoms with Gasteiger partial charge in [-0.05, 0) is 24.6 Å². The van der Waals surface area contributed by atoms with E-state index < -0.39 is 30.5 Å². The molecule has 2 aliphatic rings. The third-order valence-electron chi connectivity index (χ3n) is 6.00. The third-order valence-corrected chi connectivity index (χ3v) is 6.28. The Hall–Kier alpha value is -3.17. The number of β-amino-alcohol motifs (C(OH)–C–C–N with tert-alkyl or cyclic N) is 1. The minimum absolute atomic E-state index is 0.156. The fourth-order valence-electron chi connectivity index (χ4n) is 4.02. The molecule has 0 bridgehead atoms. The van der Waals surface area contributed by atoms with Crippen LogP contribution in [0.3, 0.4) is 0 Å². The van der Waals surface area contributed by atoms with E-state index >= 15 is 0 Å². The van der Waals surface area contributed by atoms with Crippen molar-refractivity contribution in [2.45, 2.75) is 37.0 Å². The Morgan fingerprint density at radius 3 is 2.47 bits per heavy atom. The number of aromatic nitrogens is 3. The molecule has 5 N–H and O–H groups in total. The number of aliphatic carboxylic acids is 1. The van der Waals surface area contributed by atoms with Crippen LogP contribution in [0.4, 0.5) is 18.9 Å². The lowest BCUT2D eigenvalue weighted by molar-refractivity contribution is -0.192. The number of anilines is 1. The van der Waals surface area contributed by atoms with Crippen molar-refractivity contribution in [3.63, 3.8) is 0 Å². The minimum Gasteiger partial charge on any atom is -0.475 e. The Morgan fingerprint density at radius 2 is 1.92 bits per heavy atom. The zero-order chi connectivity index (χ0) is 27.6. The van der Waals surface area contributed by atoms with Gasteiger partial charge in [0.15, 0.2) is 11.8 Å². The zero-order valence-corrected chi connectivity index (χ0v) is 20.4. The molecule has 38 heavy (non-hydrogen) atoms. The van der Waals surface area contributed by atoms with Crippen LogP contribution < -0.4 is 9.64 Å². The number of benzene rings is 1. The summed E-state index contributed by atoms with van der Waals surface area (Å²) in [6.45, 7) is 1.35. The molecule has 0 radical (unpaired) electrons. The van der Waals surface area contributed by atoms with Gasteiger partial charge in [0.05, 0.1) is 35.6 Å². The molecule has 5 rings (SSSR count). The summed E-state index contributed by atoms with van der Waals surface area (Å²) < 4.78 is 42.7. The highest BCUT2D eigenvalue weighted by molar-refractivity contribution is 6.33. The standard InChI is InChI=1S/C21H23ClN4O5.C2HF3O2/c22-14-7-15-20(25-21(23-15)31-17-10-30-16(9-27)19(17)29)24-18(14)11-1-3-12(4-2-11)26-6-5-13(28)8-26;3-2(4,5)1(6)7/h1-4,7,13,16-17,19,27-29H,5-6,8-10H2,(H,23,24,25);(H,6,7)/t13-,16+,17+,19+;/m0./s1. The minimum atomic E-state index is -5.08. The second-order valence-electron chi connectivity index (χ2n) is 8.67. The number of nitrogens with zero attached hydrogens (tertiary/aromatic N) is 3. The Bertz CT molecular complexity index is 1270. The summed E-state index contributed by atoms with van der Waals surface area (Å²) in [6.07, 6.45) is -6.83. The number of carboxylic acids is 1. The van der Waals surface area contributed by atoms with E-state index in [1.54, 1.807) is 6.07 Å². The quantitative estimate of drug-likeness (QED) is 0.312. The molecular formula is C23H24ClF3N4O7. The van der Waals surface area contributed by atoms with Gasteiger partial charge >= 0.3 is 12.1 Å². The normalized spacial score (nSPS) is 23.4. The van der Waals surface area contributed by atoms with Crippen molar-refractivity contribution in [1.29, 1.82) is 0 Å². The number of hydrogen-bond acceptors (Lipinski definition) is 9. The number of nitrogens with one attached hydrogen (secondary N) is 1. The molecule has 4 atom stereocenters. The van der Waals surface area contributed by atoms with Crippen molar-refractivity contribution >= 4 is 34.4 Å². The fourth-order valence-corrected chi connectivity index (χ4v) is 4.28. The number of carboxylic acid groups (broad SMARTS) is 1. The van der Waals surface area contributed by atoms with Gasteiger partial charge in [-0.25, -0.2) is 9.78 Å². The molecule has 1 aromatic carbocycles. The molecule has 3 aromatic rings. The van der Waals surface area contributed by atoms with Gasteiger partial charge in [-0.15, -0.1) is 0 Å². The van der Waals surface area contributed by atoms with E-state index in [1.807, 2.05) is 24.3 Å². The highest BCUT2D eigenvalue weighted by atomic mass is 35.5. The van der Waals surface area contributed by atoms with Gasteiger partial charge < -0.3 is 39.8 Å². The molecule has 0 spiro atoms. The molecule has 2 aliphatic heterocycles. The largest absolute Gasteiger partial charge is 0.490 e. The summed E-state index contributed by atoms with van der Waals surface area (Å²) in [4.78, 5) is 23.0.